The largest absolute Gasteiger partial charge is 0.507 e. The van der Waals surface area contributed by atoms with Crippen molar-refractivity contribution in [1.82, 2.24) is 4.98 Å². The van der Waals surface area contributed by atoms with E-state index in [2.05, 4.69) is 9.88 Å². The molecule has 0 radical (unpaired) electrons. The lowest BCUT2D eigenvalue weighted by Gasteiger charge is -2.18. The molecule has 6 heteroatoms. The summed E-state index contributed by atoms with van der Waals surface area (Å²) in [5, 5.41) is 30.6. The van der Waals surface area contributed by atoms with Crippen molar-refractivity contribution < 1.29 is 20.1 Å². The number of ketones is 1. The first kappa shape index (κ1) is 16.5. The van der Waals surface area contributed by atoms with Crippen molar-refractivity contribution in [2.24, 2.45) is 0 Å². The summed E-state index contributed by atoms with van der Waals surface area (Å²) < 4.78 is 0. The predicted molar refractivity (Wildman–Crippen MR) is 99.9 cm³/mol. The Hall–Kier alpha value is -2.99. The number of β-amino-alcohol motifs (C(OH)–C–C–N with tert-alkyl or cyclic N) is 1. The third-order valence-corrected chi connectivity index (χ3v) is 4.95. The molecule has 0 spiro atoms. The molecule has 1 aliphatic heterocycles. The first-order valence-electron chi connectivity index (χ1n) is 8.56. The zero-order valence-electron chi connectivity index (χ0n) is 14.4. The van der Waals surface area contributed by atoms with Gasteiger partial charge in [-0.05, 0) is 37.1 Å². The summed E-state index contributed by atoms with van der Waals surface area (Å²) in [6.07, 6.45) is 0.483. The number of aromatic hydroxyl groups is 2. The number of benzene rings is 2. The number of aromatic amines is 1. The number of nitrogens with one attached hydrogen (secondary N) is 1. The van der Waals surface area contributed by atoms with Crippen LogP contribution in [0.25, 0.3) is 22.0 Å². The second-order valence-electron chi connectivity index (χ2n) is 6.76. The van der Waals surface area contributed by atoms with Gasteiger partial charge < -0.3 is 25.2 Å². The summed E-state index contributed by atoms with van der Waals surface area (Å²) in [5.41, 5.74) is 3.16. The van der Waals surface area contributed by atoms with Crippen molar-refractivity contribution in [3.8, 4) is 22.8 Å². The van der Waals surface area contributed by atoms with Crippen LogP contribution in [0.2, 0.25) is 0 Å². The SMILES string of the molecule is CC(=O)c1c(O)[nH]c2cc(O)c(-c3ccc(N4CC[C@@H](O)C4)cc3)cc12. The fraction of sp³-hybridized carbons (Fsp3) is 0.250. The number of carbonyl (C=O) groups is 1. The number of hydrogen-bond acceptors (Lipinski definition) is 5. The highest BCUT2D eigenvalue weighted by Crippen LogP contribution is 2.38. The molecule has 26 heavy (non-hydrogen) atoms. The van der Waals surface area contributed by atoms with Gasteiger partial charge in [0, 0.05) is 35.8 Å². The highest BCUT2D eigenvalue weighted by Gasteiger charge is 2.21. The summed E-state index contributed by atoms with van der Waals surface area (Å²) >= 11 is 0. The normalized spacial score (nSPS) is 17.2. The van der Waals surface area contributed by atoms with Crippen LogP contribution in [0, 0.1) is 0 Å². The lowest BCUT2D eigenvalue weighted by atomic mass is 10.00. The molecule has 4 rings (SSSR count). The third kappa shape index (κ3) is 2.68. The standard InChI is InChI=1S/C20H20N2O4/c1-11(23)19-16-8-15(18(25)9-17(16)21-20(19)26)12-2-4-13(5-3-12)22-7-6-14(24)10-22/h2-5,8-9,14,21,24-26H,6-7,10H2,1H3/t14-/m1/s1. The molecule has 1 saturated heterocycles. The van der Waals surface area contributed by atoms with Crippen LogP contribution in [0.3, 0.4) is 0 Å². The Labute approximate surface area is 150 Å². The number of phenolic OH excluding ortho intramolecular Hbond substituents is 1. The van der Waals surface area contributed by atoms with Crippen LogP contribution in [0.5, 0.6) is 11.6 Å². The quantitative estimate of drug-likeness (QED) is 0.543. The Morgan fingerprint density at radius 3 is 2.54 bits per heavy atom. The number of anilines is 1. The minimum Gasteiger partial charge on any atom is -0.507 e. The van der Waals surface area contributed by atoms with Crippen LogP contribution in [-0.2, 0) is 0 Å². The Balaban J connectivity index is 1.75. The molecule has 1 atom stereocenters. The second kappa shape index (κ2) is 6.07. The number of aliphatic hydroxyl groups excluding tert-OH is 1. The molecule has 1 aliphatic rings. The lowest BCUT2D eigenvalue weighted by Crippen LogP contribution is -2.20. The number of carbonyl (C=O) groups excluding carboxylic acids is 1. The van der Waals surface area contributed by atoms with E-state index in [1.807, 2.05) is 24.3 Å². The van der Waals surface area contributed by atoms with Gasteiger partial charge in [-0.3, -0.25) is 4.79 Å². The molecule has 0 unspecified atom stereocenters. The van der Waals surface area contributed by atoms with Crippen molar-refractivity contribution in [3.05, 3.63) is 42.0 Å². The van der Waals surface area contributed by atoms with Gasteiger partial charge in [0.25, 0.3) is 0 Å². The van der Waals surface area contributed by atoms with Crippen molar-refractivity contribution in [1.29, 1.82) is 0 Å². The topological polar surface area (TPSA) is 96.8 Å². The van der Waals surface area contributed by atoms with Crippen molar-refractivity contribution in [2.45, 2.75) is 19.4 Å². The number of fused-ring (bicyclic) bond motifs is 1. The Kier molecular flexibility index (Phi) is 3.85. The minimum absolute atomic E-state index is 0.0678. The van der Waals surface area contributed by atoms with Gasteiger partial charge in [0.05, 0.1) is 17.2 Å². The maximum atomic E-state index is 11.8. The van der Waals surface area contributed by atoms with Crippen LogP contribution < -0.4 is 4.90 Å². The maximum absolute atomic E-state index is 11.8. The summed E-state index contributed by atoms with van der Waals surface area (Å²) in [6, 6.07) is 10.9. The smallest absolute Gasteiger partial charge is 0.200 e. The van der Waals surface area contributed by atoms with E-state index in [1.54, 1.807) is 6.07 Å². The minimum atomic E-state index is -0.285. The van der Waals surface area contributed by atoms with Gasteiger partial charge in [0.15, 0.2) is 5.78 Å². The van der Waals surface area contributed by atoms with E-state index in [0.717, 1.165) is 24.2 Å². The molecule has 1 fully saturated rings. The zero-order valence-corrected chi connectivity index (χ0v) is 14.4. The van der Waals surface area contributed by atoms with E-state index < -0.39 is 0 Å². The third-order valence-electron chi connectivity index (χ3n) is 4.95. The van der Waals surface area contributed by atoms with E-state index in [0.29, 0.717) is 23.0 Å². The van der Waals surface area contributed by atoms with Gasteiger partial charge in [-0.2, -0.15) is 0 Å². The average Bonchev–Trinajstić information content (AvgIpc) is 3.16. The van der Waals surface area contributed by atoms with E-state index in [4.69, 9.17) is 0 Å². The summed E-state index contributed by atoms with van der Waals surface area (Å²) in [7, 11) is 0. The molecule has 2 heterocycles. The Morgan fingerprint density at radius 2 is 1.92 bits per heavy atom. The Morgan fingerprint density at radius 1 is 1.19 bits per heavy atom. The number of aliphatic hydroxyl groups is 1. The summed E-state index contributed by atoms with van der Waals surface area (Å²) in [6.45, 7) is 2.84. The van der Waals surface area contributed by atoms with Crippen LogP contribution in [0.15, 0.2) is 36.4 Å². The van der Waals surface area contributed by atoms with Crippen molar-refractivity contribution in [3.63, 3.8) is 0 Å². The van der Waals surface area contributed by atoms with Crippen LogP contribution >= 0.6 is 0 Å². The highest BCUT2D eigenvalue weighted by molar-refractivity contribution is 6.10. The van der Waals surface area contributed by atoms with E-state index in [-0.39, 0.29) is 29.1 Å². The fourth-order valence-electron chi connectivity index (χ4n) is 3.63. The van der Waals surface area contributed by atoms with Gasteiger partial charge in [-0.1, -0.05) is 12.1 Å². The molecule has 0 aliphatic carbocycles. The predicted octanol–water partition coefficient (Wildman–Crippen LogP) is 3.02. The molecule has 3 aromatic rings. The Bertz CT molecular complexity index is 991. The zero-order chi connectivity index (χ0) is 18.4. The molecular weight excluding hydrogens is 332 g/mol. The van der Waals surface area contributed by atoms with Crippen LogP contribution in [0.1, 0.15) is 23.7 Å². The van der Waals surface area contributed by atoms with Crippen LogP contribution in [0.4, 0.5) is 5.69 Å². The molecule has 6 nitrogen and oxygen atoms in total. The number of phenols is 1. The number of Topliss-reactive ketones (excluding diaryl/α,β-unsaturated/α-hetero) is 1. The van der Waals surface area contributed by atoms with Gasteiger partial charge in [-0.25, -0.2) is 0 Å². The van der Waals surface area contributed by atoms with Crippen molar-refractivity contribution >= 4 is 22.4 Å². The number of nitrogens with zero attached hydrogens (tertiary/aromatic N) is 1. The molecule has 0 saturated carbocycles. The summed E-state index contributed by atoms with van der Waals surface area (Å²) in [5.74, 6) is -0.362. The first-order chi connectivity index (χ1) is 12.4. The second-order valence-corrected chi connectivity index (χ2v) is 6.76. The highest BCUT2D eigenvalue weighted by atomic mass is 16.3. The average molecular weight is 352 g/mol. The van der Waals surface area contributed by atoms with Gasteiger partial charge >= 0.3 is 0 Å². The fourth-order valence-corrected chi connectivity index (χ4v) is 3.63. The van der Waals surface area contributed by atoms with E-state index in [1.165, 1.54) is 13.0 Å². The first-order valence-corrected chi connectivity index (χ1v) is 8.56. The molecule has 134 valence electrons. The van der Waals surface area contributed by atoms with Gasteiger partial charge in [-0.15, -0.1) is 0 Å². The number of aromatic nitrogens is 1. The lowest BCUT2D eigenvalue weighted by molar-refractivity contribution is 0.101. The van der Waals surface area contributed by atoms with Crippen LogP contribution in [-0.4, -0.2) is 45.3 Å². The van der Waals surface area contributed by atoms with Gasteiger partial charge in [0.2, 0.25) is 5.88 Å². The number of H-pyrrole nitrogens is 1. The molecule has 0 amide bonds. The molecule has 1 aromatic heterocycles. The molecular formula is C20H20N2O4. The van der Waals surface area contributed by atoms with Gasteiger partial charge in [0.1, 0.15) is 5.75 Å². The van der Waals surface area contributed by atoms with Crippen molar-refractivity contribution in [2.75, 3.05) is 18.0 Å². The molecule has 4 N–H and O–H groups in total. The molecule has 2 aromatic carbocycles. The van der Waals surface area contributed by atoms with E-state index in [9.17, 15) is 20.1 Å². The van der Waals surface area contributed by atoms with E-state index >= 15 is 0 Å². The number of rotatable bonds is 3. The number of hydrogen-bond donors (Lipinski definition) is 4. The monoisotopic (exact) mass is 352 g/mol. The maximum Gasteiger partial charge on any atom is 0.200 e. The summed E-state index contributed by atoms with van der Waals surface area (Å²) in [4.78, 5) is 16.7. The molecule has 0 bridgehead atoms.